The van der Waals surface area contributed by atoms with Gasteiger partial charge in [0.2, 0.25) is 0 Å². The number of halogens is 1. The molecule has 1 aromatic rings. The monoisotopic (exact) mass is 245 g/mol. The smallest absolute Gasteiger partial charge is 0.150 e. The van der Waals surface area contributed by atoms with Gasteiger partial charge < -0.3 is 10.8 Å². The van der Waals surface area contributed by atoms with Crippen molar-refractivity contribution >= 4 is 22.2 Å². The number of aldehydes is 1. The number of aliphatic hydroxyl groups is 1. The van der Waals surface area contributed by atoms with Gasteiger partial charge in [0, 0.05) is 23.7 Å². The fourth-order valence-corrected chi connectivity index (χ4v) is 1.23. The standard InChI is InChI=1S/C8H8BrNO.CH4O/c9-8-2-1-6(5-11)3-7(8)4-10;1-2/h1-3,5H,4,10H2;2H,1H3. The van der Waals surface area contributed by atoms with Gasteiger partial charge in [0.05, 0.1) is 0 Å². The van der Waals surface area contributed by atoms with Gasteiger partial charge in [-0.15, -0.1) is 0 Å². The molecule has 72 valence electrons. The fraction of sp³-hybridized carbons (Fsp3) is 0.222. The van der Waals surface area contributed by atoms with Gasteiger partial charge in [0.25, 0.3) is 0 Å². The number of rotatable bonds is 2. The van der Waals surface area contributed by atoms with E-state index >= 15 is 0 Å². The zero-order valence-corrected chi connectivity index (χ0v) is 8.91. The van der Waals surface area contributed by atoms with Crippen molar-refractivity contribution in [3.63, 3.8) is 0 Å². The third kappa shape index (κ3) is 3.67. The number of hydrogen-bond acceptors (Lipinski definition) is 3. The van der Waals surface area contributed by atoms with Crippen LogP contribution in [0.5, 0.6) is 0 Å². The molecule has 3 N–H and O–H groups in total. The largest absolute Gasteiger partial charge is 0.400 e. The van der Waals surface area contributed by atoms with Crippen LogP contribution in [0.1, 0.15) is 15.9 Å². The van der Waals surface area contributed by atoms with Crippen LogP contribution in [0.2, 0.25) is 0 Å². The Bertz CT molecular complexity index is 276. The second-order valence-corrected chi connectivity index (χ2v) is 3.03. The van der Waals surface area contributed by atoms with Crippen LogP contribution < -0.4 is 5.73 Å². The molecular weight excluding hydrogens is 234 g/mol. The molecular formula is C9H12BrNO2. The van der Waals surface area contributed by atoms with Crippen LogP contribution in [-0.4, -0.2) is 18.5 Å². The number of hydrogen-bond donors (Lipinski definition) is 2. The highest BCUT2D eigenvalue weighted by Gasteiger charge is 1.97. The summed E-state index contributed by atoms with van der Waals surface area (Å²) in [5.41, 5.74) is 7.04. The van der Waals surface area contributed by atoms with Crippen LogP contribution in [-0.2, 0) is 6.54 Å². The SMILES string of the molecule is CO.NCc1cc(C=O)ccc1Br. The highest BCUT2D eigenvalue weighted by atomic mass is 79.9. The molecule has 1 rings (SSSR count). The minimum absolute atomic E-state index is 0.447. The minimum atomic E-state index is 0.447. The molecule has 0 aliphatic rings. The van der Waals surface area contributed by atoms with Gasteiger partial charge >= 0.3 is 0 Å². The summed E-state index contributed by atoms with van der Waals surface area (Å²) in [5.74, 6) is 0. The van der Waals surface area contributed by atoms with E-state index in [2.05, 4.69) is 15.9 Å². The maximum absolute atomic E-state index is 10.3. The molecule has 0 atom stereocenters. The molecule has 0 saturated heterocycles. The molecule has 4 heteroatoms. The fourth-order valence-electron chi connectivity index (χ4n) is 0.824. The van der Waals surface area contributed by atoms with Crippen molar-refractivity contribution in [2.45, 2.75) is 6.54 Å². The van der Waals surface area contributed by atoms with Crippen molar-refractivity contribution in [3.05, 3.63) is 33.8 Å². The van der Waals surface area contributed by atoms with Crippen molar-refractivity contribution in [2.24, 2.45) is 5.73 Å². The lowest BCUT2D eigenvalue weighted by Gasteiger charge is -2.00. The Kier molecular flexibility index (Phi) is 6.40. The number of carbonyl (C=O) groups excluding carboxylic acids is 1. The van der Waals surface area contributed by atoms with Crippen LogP contribution in [0.3, 0.4) is 0 Å². The van der Waals surface area contributed by atoms with Crippen LogP contribution in [0.25, 0.3) is 0 Å². The summed E-state index contributed by atoms with van der Waals surface area (Å²) in [7, 11) is 1.00. The molecule has 0 radical (unpaired) electrons. The molecule has 1 aromatic carbocycles. The summed E-state index contributed by atoms with van der Waals surface area (Å²) < 4.78 is 0.950. The van der Waals surface area contributed by atoms with Gasteiger partial charge in [-0.2, -0.15) is 0 Å². The van der Waals surface area contributed by atoms with Crippen molar-refractivity contribution in [1.29, 1.82) is 0 Å². The summed E-state index contributed by atoms with van der Waals surface area (Å²) >= 11 is 3.32. The Hall–Kier alpha value is -0.710. The van der Waals surface area contributed by atoms with Crippen molar-refractivity contribution in [2.75, 3.05) is 7.11 Å². The van der Waals surface area contributed by atoms with E-state index in [4.69, 9.17) is 10.8 Å². The second-order valence-electron chi connectivity index (χ2n) is 2.17. The van der Waals surface area contributed by atoms with E-state index in [0.717, 1.165) is 23.4 Å². The summed E-state index contributed by atoms with van der Waals surface area (Å²) in [6.07, 6.45) is 0.811. The lowest BCUT2D eigenvalue weighted by atomic mass is 10.1. The quantitative estimate of drug-likeness (QED) is 0.774. The molecule has 0 heterocycles. The van der Waals surface area contributed by atoms with E-state index < -0.39 is 0 Å². The van der Waals surface area contributed by atoms with Crippen molar-refractivity contribution < 1.29 is 9.90 Å². The number of benzene rings is 1. The van der Waals surface area contributed by atoms with Gasteiger partial charge in [-0.05, 0) is 17.7 Å². The highest BCUT2D eigenvalue weighted by molar-refractivity contribution is 9.10. The predicted octanol–water partition coefficient (Wildman–Crippen LogP) is 1.33. The molecule has 0 fully saturated rings. The number of nitrogens with two attached hydrogens (primary N) is 1. The Morgan fingerprint density at radius 1 is 1.54 bits per heavy atom. The number of aliphatic hydroxyl groups excluding tert-OH is 1. The van der Waals surface area contributed by atoms with E-state index in [9.17, 15) is 4.79 Å². The third-order valence-electron chi connectivity index (χ3n) is 1.43. The summed E-state index contributed by atoms with van der Waals surface area (Å²) in [6, 6.07) is 5.35. The van der Waals surface area contributed by atoms with Gasteiger partial charge in [0.1, 0.15) is 6.29 Å². The third-order valence-corrected chi connectivity index (χ3v) is 2.20. The Balaban J connectivity index is 0.000000671. The first kappa shape index (κ1) is 12.3. The van der Waals surface area contributed by atoms with E-state index in [1.54, 1.807) is 12.1 Å². The molecule has 13 heavy (non-hydrogen) atoms. The minimum Gasteiger partial charge on any atom is -0.400 e. The molecule has 3 nitrogen and oxygen atoms in total. The van der Waals surface area contributed by atoms with Crippen LogP contribution in [0, 0.1) is 0 Å². The maximum atomic E-state index is 10.3. The van der Waals surface area contributed by atoms with E-state index in [0.29, 0.717) is 12.1 Å². The molecule has 0 bridgehead atoms. The van der Waals surface area contributed by atoms with Gasteiger partial charge in [-0.1, -0.05) is 22.0 Å². The Labute approximate surface area is 85.7 Å². The molecule has 0 aliphatic heterocycles. The predicted molar refractivity (Wildman–Crippen MR) is 55.6 cm³/mol. The van der Waals surface area contributed by atoms with E-state index in [1.807, 2.05) is 6.07 Å². The molecule has 0 spiro atoms. The van der Waals surface area contributed by atoms with Crippen LogP contribution >= 0.6 is 15.9 Å². The Morgan fingerprint density at radius 3 is 2.62 bits per heavy atom. The summed E-state index contributed by atoms with van der Waals surface area (Å²) in [4.78, 5) is 10.3. The topological polar surface area (TPSA) is 63.3 Å². The zero-order chi connectivity index (χ0) is 10.3. The van der Waals surface area contributed by atoms with E-state index in [1.165, 1.54) is 0 Å². The van der Waals surface area contributed by atoms with Crippen LogP contribution in [0.15, 0.2) is 22.7 Å². The summed E-state index contributed by atoms with van der Waals surface area (Å²) in [6.45, 7) is 0.447. The Morgan fingerprint density at radius 2 is 2.15 bits per heavy atom. The molecule has 0 aromatic heterocycles. The lowest BCUT2D eigenvalue weighted by Crippen LogP contribution is -1.98. The number of carbonyl (C=O) groups is 1. The second kappa shape index (κ2) is 6.77. The lowest BCUT2D eigenvalue weighted by molar-refractivity contribution is 0.112. The summed E-state index contributed by atoms with van der Waals surface area (Å²) in [5, 5.41) is 7.00. The van der Waals surface area contributed by atoms with Crippen LogP contribution in [0.4, 0.5) is 0 Å². The molecule has 0 aliphatic carbocycles. The first-order valence-electron chi connectivity index (χ1n) is 3.66. The van der Waals surface area contributed by atoms with Crippen molar-refractivity contribution in [1.82, 2.24) is 0 Å². The normalized spacial score (nSPS) is 8.62. The average molecular weight is 246 g/mol. The molecule has 0 unspecified atom stereocenters. The molecule has 0 amide bonds. The molecule has 0 saturated carbocycles. The maximum Gasteiger partial charge on any atom is 0.150 e. The van der Waals surface area contributed by atoms with Gasteiger partial charge in [0.15, 0.2) is 0 Å². The van der Waals surface area contributed by atoms with E-state index in [-0.39, 0.29) is 0 Å². The average Bonchev–Trinajstić information content (AvgIpc) is 2.22. The zero-order valence-electron chi connectivity index (χ0n) is 7.33. The highest BCUT2D eigenvalue weighted by Crippen LogP contribution is 2.16. The first-order chi connectivity index (χ1) is 6.27. The van der Waals surface area contributed by atoms with Gasteiger partial charge in [-0.3, -0.25) is 4.79 Å². The van der Waals surface area contributed by atoms with Gasteiger partial charge in [-0.25, -0.2) is 0 Å². The first-order valence-corrected chi connectivity index (χ1v) is 4.45. The van der Waals surface area contributed by atoms with Crippen molar-refractivity contribution in [3.8, 4) is 0 Å².